The number of benzene rings is 3. The standard InChI is InChI=1S/C29H32N2O5/c1-4-34-27-20-22(12-16-26(27)36-19-18-35-25-8-6-5-7-9-25)13-17-28(32)30-21-23-10-14-24(15-11-23)29(33)31(2)3/h5-17,20H,4,18-19,21H2,1-3H3,(H,30,32)/b17-13+. The van der Waals surface area contributed by atoms with E-state index >= 15 is 0 Å². The lowest BCUT2D eigenvalue weighted by molar-refractivity contribution is -0.116. The molecule has 36 heavy (non-hydrogen) atoms. The van der Waals surface area contributed by atoms with Crippen molar-refractivity contribution in [1.29, 1.82) is 0 Å². The van der Waals surface area contributed by atoms with Gasteiger partial charge in [-0.25, -0.2) is 0 Å². The summed E-state index contributed by atoms with van der Waals surface area (Å²) < 4.78 is 17.2. The highest BCUT2D eigenvalue weighted by molar-refractivity contribution is 5.94. The van der Waals surface area contributed by atoms with Gasteiger partial charge >= 0.3 is 0 Å². The summed E-state index contributed by atoms with van der Waals surface area (Å²) in [5, 5.41) is 2.85. The molecule has 3 aromatic carbocycles. The van der Waals surface area contributed by atoms with E-state index in [9.17, 15) is 9.59 Å². The van der Waals surface area contributed by atoms with E-state index in [2.05, 4.69) is 5.32 Å². The van der Waals surface area contributed by atoms with Crippen LogP contribution in [0.25, 0.3) is 6.08 Å². The van der Waals surface area contributed by atoms with Crippen molar-refractivity contribution in [1.82, 2.24) is 10.2 Å². The van der Waals surface area contributed by atoms with E-state index in [1.807, 2.05) is 67.6 Å². The second-order valence-electron chi connectivity index (χ2n) is 8.10. The molecule has 188 valence electrons. The van der Waals surface area contributed by atoms with E-state index in [1.54, 1.807) is 32.3 Å². The highest BCUT2D eigenvalue weighted by Gasteiger charge is 2.08. The van der Waals surface area contributed by atoms with Gasteiger partial charge in [0.2, 0.25) is 5.91 Å². The van der Waals surface area contributed by atoms with Crippen LogP contribution in [-0.4, -0.2) is 50.6 Å². The van der Waals surface area contributed by atoms with Gasteiger partial charge in [-0.3, -0.25) is 9.59 Å². The fraction of sp³-hybridized carbons (Fsp3) is 0.241. The van der Waals surface area contributed by atoms with Crippen molar-refractivity contribution < 1.29 is 23.8 Å². The summed E-state index contributed by atoms with van der Waals surface area (Å²) in [5.74, 6) is 1.73. The lowest BCUT2D eigenvalue weighted by atomic mass is 10.1. The molecule has 0 bridgehead atoms. The van der Waals surface area contributed by atoms with E-state index in [-0.39, 0.29) is 11.8 Å². The fourth-order valence-electron chi connectivity index (χ4n) is 3.29. The molecule has 0 spiro atoms. The number of amides is 2. The van der Waals surface area contributed by atoms with E-state index in [4.69, 9.17) is 14.2 Å². The number of nitrogens with one attached hydrogen (secondary N) is 1. The molecule has 0 heterocycles. The van der Waals surface area contributed by atoms with Crippen molar-refractivity contribution in [2.75, 3.05) is 33.9 Å². The molecular weight excluding hydrogens is 456 g/mol. The Hall–Kier alpha value is -4.26. The Labute approximate surface area is 212 Å². The van der Waals surface area contributed by atoms with E-state index in [0.717, 1.165) is 16.9 Å². The minimum absolute atomic E-state index is 0.0584. The molecule has 7 nitrogen and oxygen atoms in total. The second-order valence-corrected chi connectivity index (χ2v) is 8.10. The summed E-state index contributed by atoms with van der Waals surface area (Å²) in [6.45, 7) is 3.54. The number of hydrogen-bond donors (Lipinski definition) is 1. The van der Waals surface area contributed by atoms with Gasteiger partial charge in [-0.15, -0.1) is 0 Å². The first kappa shape index (κ1) is 26.3. The quantitative estimate of drug-likeness (QED) is 0.298. The monoisotopic (exact) mass is 488 g/mol. The number of carbonyl (C=O) groups excluding carboxylic acids is 2. The predicted molar refractivity (Wildman–Crippen MR) is 140 cm³/mol. The third-order valence-corrected chi connectivity index (χ3v) is 5.12. The highest BCUT2D eigenvalue weighted by Crippen LogP contribution is 2.29. The van der Waals surface area contributed by atoms with Gasteiger partial charge in [0.1, 0.15) is 19.0 Å². The average molecular weight is 489 g/mol. The lowest BCUT2D eigenvalue weighted by Gasteiger charge is -2.13. The smallest absolute Gasteiger partial charge is 0.253 e. The maximum absolute atomic E-state index is 12.3. The number of nitrogens with zero attached hydrogens (tertiary/aromatic N) is 1. The molecule has 0 atom stereocenters. The maximum atomic E-state index is 12.3. The summed E-state index contributed by atoms with van der Waals surface area (Å²) in [6, 6.07) is 22.3. The Morgan fingerprint density at radius 2 is 1.58 bits per heavy atom. The van der Waals surface area contributed by atoms with Crippen LogP contribution in [0, 0.1) is 0 Å². The maximum Gasteiger partial charge on any atom is 0.253 e. The van der Waals surface area contributed by atoms with Gasteiger partial charge in [0, 0.05) is 32.3 Å². The van der Waals surface area contributed by atoms with Crippen molar-refractivity contribution in [3.8, 4) is 17.2 Å². The molecular formula is C29H32N2O5. The van der Waals surface area contributed by atoms with Crippen molar-refractivity contribution in [2.45, 2.75) is 13.5 Å². The Morgan fingerprint density at radius 1 is 0.861 bits per heavy atom. The summed E-state index contributed by atoms with van der Waals surface area (Å²) in [7, 11) is 3.42. The zero-order chi connectivity index (χ0) is 25.8. The van der Waals surface area contributed by atoms with Gasteiger partial charge in [-0.1, -0.05) is 36.4 Å². The fourth-order valence-corrected chi connectivity index (χ4v) is 3.29. The van der Waals surface area contributed by atoms with Crippen LogP contribution in [0.4, 0.5) is 0 Å². The van der Waals surface area contributed by atoms with Gasteiger partial charge < -0.3 is 24.4 Å². The first-order valence-corrected chi connectivity index (χ1v) is 11.8. The molecule has 1 N–H and O–H groups in total. The lowest BCUT2D eigenvalue weighted by Crippen LogP contribution is -2.22. The molecule has 0 aliphatic rings. The van der Waals surface area contributed by atoms with E-state index in [1.165, 1.54) is 11.0 Å². The van der Waals surface area contributed by atoms with Crippen molar-refractivity contribution in [3.05, 3.63) is 95.6 Å². The second kappa shape index (κ2) is 13.6. The normalized spacial score (nSPS) is 10.6. The number of hydrogen-bond acceptors (Lipinski definition) is 5. The topological polar surface area (TPSA) is 77.1 Å². The zero-order valence-electron chi connectivity index (χ0n) is 20.9. The number of ether oxygens (including phenoxy) is 3. The van der Waals surface area contributed by atoms with Crippen molar-refractivity contribution in [3.63, 3.8) is 0 Å². The van der Waals surface area contributed by atoms with Crippen LogP contribution in [0.15, 0.2) is 78.9 Å². The third kappa shape index (κ3) is 8.20. The molecule has 3 rings (SSSR count). The van der Waals surface area contributed by atoms with Gasteiger partial charge in [0.15, 0.2) is 11.5 Å². The molecule has 0 saturated carbocycles. The summed E-state index contributed by atoms with van der Waals surface area (Å²) in [4.78, 5) is 25.8. The largest absolute Gasteiger partial charge is 0.490 e. The molecule has 0 aliphatic heterocycles. The van der Waals surface area contributed by atoms with E-state index in [0.29, 0.717) is 43.4 Å². The predicted octanol–water partition coefficient (Wildman–Crippen LogP) is 4.57. The molecule has 0 fully saturated rings. The van der Waals surface area contributed by atoms with E-state index < -0.39 is 0 Å². The third-order valence-electron chi connectivity index (χ3n) is 5.12. The van der Waals surface area contributed by atoms with Gasteiger partial charge in [0.25, 0.3) is 5.91 Å². The highest BCUT2D eigenvalue weighted by atomic mass is 16.5. The molecule has 0 unspecified atom stereocenters. The zero-order valence-corrected chi connectivity index (χ0v) is 20.9. The minimum Gasteiger partial charge on any atom is -0.490 e. The minimum atomic E-state index is -0.222. The Morgan fingerprint density at radius 3 is 2.28 bits per heavy atom. The average Bonchev–Trinajstić information content (AvgIpc) is 2.90. The molecule has 0 aromatic heterocycles. The molecule has 0 radical (unpaired) electrons. The molecule has 0 saturated heterocycles. The summed E-state index contributed by atoms with van der Waals surface area (Å²) >= 11 is 0. The number of carbonyl (C=O) groups is 2. The van der Waals surface area contributed by atoms with Crippen LogP contribution in [0.3, 0.4) is 0 Å². The van der Waals surface area contributed by atoms with Gasteiger partial charge in [-0.2, -0.15) is 0 Å². The Kier molecular flexibility index (Phi) is 9.94. The van der Waals surface area contributed by atoms with Crippen LogP contribution >= 0.6 is 0 Å². The molecule has 2 amide bonds. The Balaban J connectivity index is 1.50. The van der Waals surface area contributed by atoms with Crippen LogP contribution in [0.2, 0.25) is 0 Å². The van der Waals surface area contributed by atoms with Crippen molar-refractivity contribution >= 4 is 17.9 Å². The molecule has 7 heteroatoms. The molecule has 3 aromatic rings. The van der Waals surface area contributed by atoms with Crippen molar-refractivity contribution in [2.24, 2.45) is 0 Å². The van der Waals surface area contributed by atoms with Gasteiger partial charge in [-0.05, 0) is 60.5 Å². The first-order chi connectivity index (χ1) is 17.5. The van der Waals surface area contributed by atoms with Crippen LogP contribution < -0.4 is 19.5 Å². The van der Waals surface area contributed by atoms with Crippen LogP contribution in [0.1, 0.15) is 28.4 Å². The van der Waals surface area contributed by atoms with Crippen LogP contribution in [-0.2, 0) is 11.3 Å². The number of rotatable bonds is 12. The SMILES string of the molecule is CCOc1cc(/C=C/C(=O)NCc2ccc(C(=O)N(C)C)cc2)ccc1OCCOc1ccccc1. The number of para-hydroxylation sites is 1. The molecule has 0 aliphatic carbocycles. The summed E-state index contributed by atoms with van der Waals surface area (Å²) in [6.07, 6.45) is 3.20. The van der Waals surface area contributed by atoms with Crippen LogP contribution in [0.5, 0.6) is 17.2 Å². The van der Waals surface area contributed by atoms with Gasteiger partial charge in [0.05, 0.1) is 6.61 Å². The Bertz CT molecular complexity index is 1160. The first-order valence-electron chi connectivity index (χ1n) is 11.8. The summed E-state index contributed by atoms with van der Waals surface area (Å²) in [5.41, 5.74) is 2.33.